The number of hydrogen-bond acceptors (Lipinski definition) is 5. The lowest BCUT2D eigenvalue weighted by molar-refractivity contribution is 0.0419. The molecule has 0 saturated carbocycles. The molecule has 0 spiro atoms. The van der Waals surface area contributed by atoms with Crippen LogP contribution in [0.3, 0.4) is 0 Å². The van der Waals surface area contributed by atoms with E-state index in [0.29, 0.717) is 5.56 Å². The summed E-state index contributed by atoms with van der Waals surface area (Å²) in [5.74, 6) is -0.401. The van der Waals surface area contributed by atoms with Gasteiger partial charge in [-0.05, 0) is 39.8 Å². The smallest absolute Gasteiger partial charge is 0.422 e. The zero-order chi connectivity index (χ0) is 15.9. The van der Waals surface area contributed by atoms with E-state index in [1.165, 1.54) is 0 Å². The molecular weight excluding hydrogens is 272 g/mol. The number of carbonyl (C=O) groups is 2. The molecule has 0 aromatic heterocycles. The van der Waals surface area contributed by atoms with Crippen LogP contribution < -0.4 is 10.9 Å². The minimum absolute atomic E-state index is 0.128. The van der Waals surface area contributed by atoms with Crippen LogP contribution in [0.5, 0.6) is 0 Å². The molecule has 1 amide bonds. The first-order valence-electron chi connectivity index (χ1n) is 6.74. The summed E-state index contributed by atoms with van der Waals surface area (Å²) in [6, 6.07) is 8.47. The number of nitrogens with one attached hydrogen (secondary N) is 2. The van der Waals surface area contributed by atoms with E-state index < -0.39 is 17.7 Å². The van der Waals surface area contributed by atoms with Gasteiger partial charge in [0.2, 0.25) is 0 Å². The minimum atomic E-state index is -0.580. The molecule has 6 heteroatoms. The lowest BCUT2D eigenvalue weighted by Crippen LogP contribution is -2.47. The zero-order valence-corrected chi connectivity index (χ0v) is 12.8. The average molecular weight is 294 g/mol. The van der Waals surface area contributed by atoms with Crippen LogP contribution in [0.2, 0.25) is 0 Å². The maximum absolute atomic E-state index is 11.7. The second kappa shape index (κ2) is 7.64. The molecule has 2 N–H and O–H groups in total. The SMILES string of the molecule is C[C@@H](COC(=O)c1ccccc1)NNC(=O)OC(C)(C)C. The highest BCUT2D eigenvalue weighted by atomic mass is 16.6. The van der Waals surface area contributed by atoms with Crippen molar-refractivity contribution in [3.63, 3.8) is 0 Å². The normalized spacial score (nSPS) is 12.4. The Balaban J connectivity index is 2.27. The minimum Gasteiger partial charge on any atom is -0.460 e. The van der Waals surface area contributed by atoms with Gasteiger partial charge in [0.25, 0.3) is 0 Å². The Hall–Kier alpha value is -2.08. The summed E-state index contributed by atoms with van der Waals surface area (Å²) >= 11 is 0. The van der Waals surface area contributed by atoms with E-state index in [2.05, 4.69) is 10.9 Å². The molecule has 1 rings (SSSR count). The highest BCUT2D eigenvalue weighted by Crippen LogP contribution is 2.06. The summed E-state index contributed by atoms with van der Waals surface area (Å²) in [7, 11) is 0. The lowest BCUT2D eigenvalue weighted by Gasteiger charge is -2.21. The van der Waals surface area contributed by atoms with Crippen molar-refractivity contribution in [1.29, 1.82) is 0 Å². The van der Waals surface area contributed by atoms with Gasteiger partial charge in [-0.3, -0.25) is 5.43 Å². The molecule has 6 nitrogen and oxygen atoms in total. The monoisotopic (exact) mass is 294 g/mol. The summed E-state index contributed by atoms with van der Waals surface area (Å²) < 4.78 is 10.2. The van der Waals surface area contributed by atoms with Crippen molar-refractivity contribution < 1.29 is 19.1 Å². The van der Waals surface area contributed by atoms with Gasteiger partial charge in [-0.15, -0.1) is 0 Å². The lowest BCUT2D eigenvalue weighted by atomic mass is 10.2. The molecule has 0 aliphatic rings. The van der Waals surface area contributed by atoms with E-state index in [4.69, 9.17) is 9.47 Å². The van der Waals surface area contributed by atoms with Crippen LogP contribution in [0.4, 0.5) is 4.79 Å². The molecular formula is C15H22N2O4. The van der Waals surface area contributed by atoms with E-state index in [1.54, 1.807) is 52.0 Å². The van der Waals surface area contributed by atoms with Gasteiger partial charge >= 0.3 is 12.1 Å². The van der Waals surface area contributed by atoms with E-state index in [9.17, 15) is 9.59 Å². The molecule has 0 saturated heterocycles. The van der Waals surface area contributed by atoms with Gasteiger partial charge in [0.15, 0.2) is 0 Å². The molecule has 1 aromatic carbocycles. The number of rotatable bonds is 5. The van der Waals surface area contributed by atoms with Crippen LogP contribution in [0.25, 0.3) is 0 Å². The first-order valence-corrected chi connectivity index (χ1v) is 6.74. The van der Waals surface area contributed by atoms with Crippen molar-refractivity contribution in [1.82, 2.24) is 10.9 Å². The van der Waals surface area contributed by atoms with Crippen molar-refractivity contribution in [2.24, 2.45) is 0 Å². The first-order chi connectivity index (χ1) is 9.78. The molecule has 1 aromatic rings. The Bertz CT molecular complexity index is 468. The highest BCUT2D eigenvalue weighted by Gasteiger charge is 2.16. The third-order valence-electron chi connectivity index (χ3n) is 2.29. The second-order valence-corrected chi connectivity index (χ2v) is 5.64. The van der Waals surface area contributed by atoms with Crippen molar-refractivity contribution >= 4 is 12.1 Å². The van der Waals surface area contributed by atoms with Gasteiger partial charge in [-0.1, -0.05) is 18.2 Å². The Labute approximate surface area is 124 Å². The highest BCUT2D eigenvalue weighted by molar-refractivity contribution is 5.89. The number of hydrazine groups is 1. The van der Waals surface area contributed by atoms with Gasteiger partial charge in [0, 0.05) is 0 Å². The summed E-state index contributed by atoms with van der Waals surface area (Å²) in [5, 5.41) is 0. The van der Waals surface area contributed by atoms with Crippen LogP contribution >= 0.6 is 0 Å². The summed E-state index contributed by atoms with van der Waals surface area (Å²) in [4.78, 5) is 23.1. The number of esters is 1. The fourth-order valence-corrected chi connectivity index (χ4v) is 1.39. The van der Waals surface area contributed by atoms with Gasteiger partial charge in [-0.2, -0.15) is 0 Å². The zero-order valence-electron chi connectivity index (χ0n) is 12.8. The van der Waals surface area contributed by atoms with Crippen molar-refractivity contribution in [3.8, 4) is 0 Å². The van der Waals surface area contributed by atoms with E-state index >= 15 is 0 Å². The maximum atomic E-state index is 11.7. The predicted molar refractivity (Wildman–Crippen MR) is 78.7 cm³/mol. The molecule has 0 unspecified atom stereocenters. The number of amides is 1. The van der Waals surface area contributed by atoms with E-state index in [-0.39, 0.29) is 12.6 Å². The summed E-state index contributed by atoms with van der Waals surface area (Å²) in [6.45, 7) is 7.23. The molecule has 0 heterocycles. The average Bonchev–Trinajstić information content (AvgIpc) is 2.41. The molecule has 0 aliphatic carbocycles. The van der Waals surface area contributed by atoms with Crippen LogP contribution in [-0.2, 0) is 9.47 Å². The van der Waals surface area contributed by atoms with Gasteiger partial charge in [-0.25, -0.2) is 15.0 Å². The standard InChI is InChI=1S/C15H22N2O4/c1-11(16-17-14(19)21-15(2,3)4)10-20-13(18)12-8-6-5-7-9-12/h5-9,11,16H,10H2,1-4H3,(H,17,19)/t11-/m0/s1. The maximum Gasteiger partial charge on any atom is 0.422 e. The molecule has 0 aliphatic heterocycles. The quantitative estimate of drug-likeness (QED) is 0.643. The van der Waals surface area contributed by atoms with Crippen molar-refractivity contribution in [2.45, 2.75) is 39.3 Å². The van der Waals surface area contributed by atoms with Gasteiger partial charge in [0.1, 0.15) is 12.2 Å². The number of hydrogen-bond donors (Lipinski definition) is 2. The van der Waals surface area contributed by atoms with Crippen molar-refractivity contribution in [3.05, 3.63) is 35.9 Å². The number of carbonyl (C=O) groups excluding carboxylic acids is 2. The second-order valence-electron chi connectivity index (χ2n) is 5.64. The third-order valence-corrected chi connectivity index (χ3v) is 2.29. The van der Waals surface area contributed by atoms with Crippen LogP contribution in [0.1, 0.15) is 38.1 Å². The fourth-order valence-electron chi connectivity index (χ4n) is 1.39. The third kappa shape index (κ3) is 7.31. The van der Waals surface area contributed by atoms with Gasteiger partial charge < -0.3 is 9.47 Å². The molecule has 0 fully saturated rings. The van der Waals surface area contributed by atoms with Crippen LogP contribution in [-0.4, -0.2) is 30.3 Å². The Morgan fingerprint density at radius 3 is 2.38 bits per heavy atom. The molecule has 0 bridgehead atoms. The molecule has 116 valence electrons. The number of benzene rings is 1. The number of ether oxygens (including phenoxy) is 2. The first kappa shape index (κ1) is 17.0. The molecule has 21 heavy (non-hydrogen) atoms. The Morgan fingerprint density at radius 2 is 1.81 bits per heavy atom. The van der Waals surface area contributed by atoms with Crippen LogP contribution in [0.15, 0.2) is 30.3 Å². The van der Waals surface area contributed by atoms with Gasteiger partial charge in [0.05, 0.1) is 11.6 Å². The topological polar surface area (TPSA) is 76.7 Å². The largest absolute Gasteiger partial charge is 0.460 e. The van der Waals surface area contributed by atoms with E-state index in [0.717, 1.165) is 0 Å². The fraction of sp³-hybridized carbons (Fsp3) is 0.467. The van der Waals surface area contributed by atoms with Crippen molar-refractivity contribution in [2.75, 3.05) is 6.61 Å². The molecule has 0 radical (unpaired) electrons. The Kier molecular flexibility index (Phi) is 6.17. The summed E-state index contributed by atoms with van der Waals surface area (Å²) in [6.07, 6.45) is -0.580. The van der Waals surface area contributed by atoms with E-state index in [1.807, 2.05) is 6.07 Å². The summed E-state index contributed by atoms with van der Waals surface area (Å²) in [5.41, 5.74) is 5.04. The molecule has 1 atom stereocenters. The van der Waals surface area contributed by atoms with Crippen LogP contribution in [0, 0.1) is 0 Å². The predicted octanol–water partition coefficient (Wildman–Crippen LogP) is 2.26. The Morgan fingerprint density at radius 1 is 1.19 bits per heavy atom.